The van der Waals surface area contributed by atoms with Crippen LogP contribution in [0.25, 0.3) is 0 Å². The van der Waals surface area contributed by atoms with E-state index < -0.39 is 17.6 Å². The second-order valence-corrected chi connectivity index (χ2v) is 6.10. The number of anilines is 2. The number of amides is 1. The van der Waals surface area contributed by atoms with Crippen molar-refractivity contribution in [1.29, 1.82) is 0 Å². The van der Waals surface area contributed by atoms with Gasteiger partial charge in [-0.25, -0.2) is 0 Å². The zero-order chi connectivity index (χ0) is 18.4. The van der Waals surface area contributed by atoms with Crippen LogP contribution < -0.4 is 10.6 Å². The number of aromatic nitrogens is 1. The van der Waals surface area contributed by atoms with Gasteiger partial charge in [-0.15, -0.1) is 0 Å². The fourth-order valence-electron chi connectivity index (χ4n) is 2.14. The molecule has 4 nitrogen and oxygen atoms in total. The SMILES string of the molecule is CC(C)CCNc1cncc(C(=O)Nc2cccc(C(F)(F)F)c2)c1. The lowest BCUT2D eigenvalue weighted by Gasteiger charge is -2.11. The van der Waals surface area contributed by atoms with Gasteiger partial charge in [0.15, 0.2) is 0 Å². The zero-order valence-corrected chi connectivity index (χ0v) is 14.0. The van der Waals surface area contributed by atoms with Crippen molar-refractivity contribution in [2.75, 3.05) is 17.2 Å². The van der Waals surface area contributed by atoms with Gasteiger partial charge in [-0.1, -0.05) is 19.9 Å². The summed E-state index contributed by atoms with van der Waals surface area (Å²) in [7, 11) is 0. The Labute approximate surface area is 144 Å². The van der Waals surface area contributed by atoms with E-state index in [-0.39, 0.29) is 11.3 Å². The first-order valence-corrected chi connectivity index (χ1v) is 7.93. The van der Waals surface area contributed by atoms with Gasteiger partial charge < -0.3 is 10.6 Å². The Morgan fingerprint density at radius 2 is 1.92 bits per heavy atom. The van der Waals surface area contributed by atoms with Crippen molar-refractivity contribution in [3.8, 4) is 0 Å². The van der Waals surface area contributed by atoms with E-state index in [4.69, 9.17) is 0 Å². The summed E-state index contributed by atoms with van der Waals surface area (Å²) in [4.78, 5) is 16.2. The van der Waals surface area contributed by atoms with Crippen molar-refractivity contribution < 1.29 is 18.0 Å². The molecule has 0 saturated heterocycles. The molecule has 0 fully saturated rings. The highest BCUT2D eigenvalue weighted by Crippen LogP contribution is 2.30. The van der Waals surface area contributed by atoms with Gasteiger partial charge in [0, 0.05) is 24.6 Å². The van der Waals surface area contributed by atoms with Crippen molar-refractivity contribution in [3.05, 3.63) is 53.9 Å². The van der Waals surface area contributed by atoms with E-state index in [2.05, 4.69) is 29.5 Å². The molecule has 25 heavy (non-hydrogen) atoms. The number of hydrogen-bond acceptors (Lipinski definition) is 3. The summed E-state index contributed by atoms with van der Waals surface area (Å²) in [5.74, 6) is 0.0344. The zero-order valence-electron chi connectivity index (χ0n) is 14.0. The summed E-state index contributed by atoms with van der Waals surface area (Å²) in [6.45, 7) is 4.97. The van der Waals surface area contributed by atoms with Crippen LogP contribution >= 0.6 is 0 Å². The third-order valence-corrected chi connectivity index (χ3v) is 3.50. The number of benzene rings is 1. The smallest absolute Gasteiger partial charge is 0.384 e. The maximum Gasteiger partial charge on any atom is 0.416 e. The maximum atomic E-state index is 12.7. The van der Waals surface area contributed by atoms with Gasteiger partial charge in [-0.05, 0) is 36.6 Å². The van der Waals surface area contributed by atoms with Crippen LogP contribution in [0.1, 0.15) is 36.2 Å². The fourth-order valence-corrected chi connectivity index (χ4v) is 2.14. The lowest BCUT2D eigenvalue weighted by atomic mass is 10.1. The van der Waals surface area contributed by atoms with Crippen LogP contribution in [0.2, 0.25) is 0 Å². The Hall–Kier alpha value is -2.57. The van der Waals surface area contributed by atoms with Crippen molar-refractivity contribution in [1.82, 2.24) is 4.98 Å². The topological polar surface area (TPSA) is 54.0 Å². The van der Waals surface area contributed by atoms with Gasteiger partial charge in [0.05, 0.1) is 16.8 Å². The molecule has 0 bridgehead atoms. The first-order valence-electron chi connectivity index (χ1n) is 7.93. The summed E-state index contributed by atoms with van der Waals surface area (Å²) < 4.78 is 38.2. The molecule has 1 amide bonds. The lowest BCUT2D eigenvalue weighted by molar-refractivity contribution is -0.137. The van der Waals surface area contributed by atoms with E-state index >= 15 is 0 Å². The normalized spacial score (nSPS) is 11.4. The minimum atomic E-state index is -4.46. The molecule has 2 rings (SSSR count). The molecule has 1 aromatic heterocycles. The van der Waals surface area contributed by atoms with E-state index in [1.807, 2.05) is 0 Å². The average Bonchev–Trinajstić information content (AvgIpc) is 2.54. The summed E-state index contributed by atoms with van der Waals surface area (Å²) >= 11 is 0. The van der Waals surface area contributed by atoms with E-state index in [0.29, 0.717) is 11.6 Å². The van der Waals surface area contributed by atoms with E-state index in [1.165, 1.54) is 18.3 Å². The van der Waals surface area contributed by atoms with Crippen molar-refractivity contribution in [3.63, 3.8) is 0 Å². The van der Waals surface area contributed by atoms with Crippen molar-refractivity contribution >= 4 is 17.3 Å². The summed E-state index contributed by atoms with van der Waals surface area (Å²) in [6.07, 6.45) is -0.513. The standard InChI is InChI=1S/C18H20F3N3O/c1-12(2)6-7-23-16-8-13(10-22-11-16)17(25)24-15-5-3-4-14(9-15)18(19,20)21/h3-5,8-12,23H,6-7H2,1-2H3,(H,24,25). The number of carbonyl (C=O) groups excluding carboxylic acids is 1. The molecule has 0 unspecified atom stereocenters. The van der Waals surface area contributed by atoms with Crippen LogP contribution in [0.4, 0.5) is 24.5 Å². The number of alkyl halides is 3. The first-order chi connectivity index (χ1) is 11.8. The van der Waals surface area contributed by atoms with Crippen molar-refractivity contribution in [2.45, 2.75) is 26.4 Å². The van der Waals surface area contributed by atoms with Gasteiger partial charge in [0.2, 0.25) is 0 Å². The number of halogens is 3. The number of nitrogens with one attached hydrogen (secondary N) is 2. The molecule has 2 N–H and O–H groups in total. The highest BCUT2D eigenvalue weighted by molar-refractivity contribution is 6.04. The van der Waals surface area contributed by atoms with Gasteiger partial charge in [-0.3, -0.25) is 9.78 Å². The molecule has 0 aliphatic carbocycles. The fraction of sp³-hybridized carbons (Fsp3) is 0.333. The van der Waals surface area contributed by atoms with Gasteiger partial charge in [-0.2, -0.15) is 13.2 Å². The Kier molecular flexibility index (Phi) is 6.01. The Morgan fingerprint density at radius 3 is 2.60 bits per heavy atom. The molecule has 1 heterocycles. The van der Waals surface area contributed by atoms with E-state index in [9.17, 15) is 18.0 Å². The highest BCUT2D eigenvalue weighted by Gasteiger charge is 2.30. The molecule has 0 atom stereocenters. The number of nitrogens with zero attached hydrogens (tertiary/aromatic N) is 1. The van der Waals surface area contributed by atoms with Crippen LogP contribution in [0.5, 0.6) is 0 Å². The Balaban J connectivity index is 2.06. The van der Waals surface area contributed by atoms with E-state index in [0.717, 1.165) is 25.1 Å². The Bertz CT molecular complexity index is 730. The summed E-state index contributed by atoms with van der Waals surface area (Å²) in [6, 6.07) is 6.13. The maximum absolute atomic E-state index is 12.7. The molecule has 0 spiro atoms. The number of rotatable bonds is 6. The first kappa shape index (κ1) is 18.8. The third kappa shape index (κ3) is 5.77. The third-order valence-electron chi connectivity index (χ3n) is 3.50. The van der Waals surface area contributed by atoms with Gasteiger partial charge >= 0.3 is 6.18 Å². The van der Waals surface area contributed by atoms with Crippen molar-refractivity contribution in [2.24, 2.45) is 5.92 Å². The lowest BCUT2D eigenvalue weighted by Crippen LogP contribution is -2.14. The molecule has 0 aliphatic heterocycles. The number of pyridine rings is 1. The molecule has 134 valence electrons. The molecule has 7 heteroatoms. The Morgan fingerprint density at radius 1 is 1.16 bits per heavy atom. The minimum Gasteiger partial charge on any atom is -0.384 e. The average molecular weight is 351 g/mol. The molecule has 0 radical (unpaired) electrons. The molecule has 2 aromatic rings. The largest absolute Gasteiger partial charge is 0.416 e. The second-order valence-electron chi connectivity index (χ2n) is 6.10. The van der Waals surface area contributed by atoms with Crippen LogP contribution in [-0.2, 0) is 6.18 Å². The minimum absolute atomic E-state index is 0.0815. The molecular formula is C18H20F3N3O. The second kappa shape index (κ2) is 8.00. The van der Waals surface area contributed by atoms with Crippen LogP contribution in [0.15, 0.2) is 42.7 Å². The summed E-state index contributed by atoms with van der Waals surface area (Å²) in [5.41, 5.74) is 0.231. The van der Waals surface area contributed by atoms with Crippen LogP contribution in [0.3, 0.4) is 0 Å². The molecular weight excluding hydrogens is 331 g/mol. The molecule has 0 aliphatic rings. The monoisotopic (exact) mass is 351 g/mol. The summed E-state index contributed by atoms with van der Waals surface area (Å²) in [5, 5.41) is 5.64. The number of hydrogen-bond donors (Lipinski definition) is 2. The quantitative estimate of drug-likeness (QED) is 0.785. The van der Waals surface area contributed by atoms with Gasteiger partial charge in [0.1, 0.15) is 0 Å². The molecule has 1 aromatic carbocycles. The molecule has 0 saturated carbocycles. The van der Waals surface area contributed by atoms with Gasteiger partial charge in [0.25, 0.3) is 5.91 Å². The predicted molar refractivity (Wildman–Crippen MR) is 91.6 cm³/mol. The highest BCUT2D eigenvalue weighted by atomic mass is 19.4. The van der Waals surface area contributed by atoms with E-state index in [1.54, 1.807) is 12.3 Å². The van der Waals surface area contributed by atoms with Crippen LogP contribution in [-0.4, -0.2) is 17.4 Å². The number of carbonyl (C=O) groups is 1. The predicted octanol–water partition coefficient (Wildman–Crippen LogP) is 4.81. The van der Waals surface area contributed by atoms with Crippen LogP contribution in [0, 0.1) is 5.92 Å².